The summed E-state index contributed by atoms with van der Waals surface area (Å²) in [5.74, 6) is 0.754. The zero-order chi connectivity index (χ0) is 18.1. The Morgan fingerprint density at radius 2 is 2.16 bits per heavy atom. The van der Waals surface area contributed by atoms with Gasteiger partial charge in [-0.3, -0.25) is 9.36 Å². The van der Waals surface area contributed by atoms with Crippen molar-refractivity contribution in [3.05, 3.63) is 39.8 Å². The summed E-state index contributed by atoms with van der Waals surface area (Å²) >= 11 is 7.03. The molecular weight excluding hydrogens is 364 g/mol. The fraction of sp³-hybridized carbons (Fsp3) is 0.438. The molecule has 1 heterocycles. The van der Waals surface area contributed by atoms with Crippen LogP contribution in [0.15, 0.2) is 34.2 Å². The first-order chi connectivity index (χ1) is 12.1. The summed E-state index contributed by atoms with van der Waals surface area (Å²) in [7, 11) is 0. The van der Waals surface area contributed by atoms with Crippen molar-refractivity contribution in [1.29, 1.82) is 0 Å². The van der Waals surface area contributed by atoms with Crippen LogP contribution in [0.2, 0.25) is 5.02 Å². The van der Waals surface area contributed by atoms with Gasteiger partial charge in [0.25, 0.3) is 0 Å². The summed E-state index contributed by atoms with van der Waals surface area (Å²) in [4.78, 5) is 23.5. The number of carbonyl (C=O) groups excluding carboxylic acids is 1. The Morgan fingerprint density at radius 3 is 2.88 bits per heavy atom. The van der Waals surface area contributed by atoms with Crippen LogP contribution in [0.4, 0.5) is 0 Å². The number of rotatable bonds is 10. The summed E-state index contributed by atoms with van der Waals surface area (Å²) in [6.45, 7) is 3.41. The lowest BCUT2D eigenvalue weighted by Gasteiger charge is -2.08. The second-order valence-electron chi connectivity index (χ2n) is 5.26. The number of aromatic nitrogens is 3. The summed E-state index contributed by atoms with van der Waals surface area (Å²) in [6, 6.07) is 7.03. The lowest BCUT2D eigenvalue weighted by atomic mass is 10.3. The van der Waals surface area contributed by atoms with Gasteiger partial charge in [-0.05, 0) is 30.7 Å². The standard InChI is InChI=1S/C16H21ClN4O3S/c1-2-3-9-21-15(23)19-20-16(21)25-11-14(22)18-8-10-24-13-6-4-12(17)5-7-13/h4-7H,2-3,8-11H2,1H3,(H,18,22)(H,19,23). The Balaban J connectivity index is 1.69. The average Bonchev–Trinajstić information content (AvgIpc) is 2.96. The van der Waals surface area contributed by atoms with Gasteiger partial charge >= 0.3 is 5.69 Å². The lowest BCUT2D eigenvalue weighted by Crippen LogP contribution is -2.29. The maximum atomic E-state index is 11.9. The highest BCUT2D eigenvalue weighted by molar-refractivity contribution is 7.99. The van der Waals surface area contributed by atoms with Crippen molar-refractivity contribution in [1.82, 2.24) is 20.1 Å². The Hall–Kier alpha value is -1.93. The van der Waals surface area contributed by atoms with E-state index in [1.165, 1.54) is 11.8 Å². The lowest BCUT2D eigenvalue weighted by molar-refractivity contribution is -0.118. The van der Waals surface area contributed by atoms with E-state index in [9.17, 15) is 9.59 Å². The molecule has 136 valence electrons. The molecule has 1 amide bonds. The van der Waals surface area contributed by atoms with Crippen LogP contribution in [0.3, 0.4) is 0 Å². The highest BCUT2D eigenvalue weighted by atomic mass is 35.5. The molecule has 0 fully saturated rings. The predicted molar refractivity (Wildman–Crippen MR) is 98.4 cm³/mol. The van der Waals surface area contributed by atoms with Gasteiger partial charge in [0.05, 0.1) is 12.3 Å². The number of hydrogen-bond acceptors (Lipinski definition) is 5. The Labute approximate surface area is 155 Å². The fourth-order valence-electron chi connectivity index (χ4n) is 2.00. The van der Waals surface area contributed by atoms with Crippen LogP contribution in [0, 0.1) is 0 Å². The number of benzene rings is 1. The van der Waals surface area contributed by atoms with Crippen molar-refractivity contribution in [2.24, 2.45) is 0 Å². The topological polar surface area (TPSA) is 89.0 Å². The van der Waals surface area contributed by atoms with Crippen molar-refractivity contribution >= 4 is 29.3 Å². The second kappa shape index (κ2) is 10.1. The molecule has 2 rings (SSSR count). The number of halogens is 1. The molecule has 2 N–H and O–H groups in total. The van der Waals surface area contributed by atoms with E-state index < -0.39 is 0 Å². The van der Waals surface area contributed by atoms with Gasteiger partial charge in [-0.15, -0.1) is 5.10 Å². The van der Waals surface area contributed by atoms with Crippen molar-refractivity contribution in [3.63, 3.8) is 0 Å². The van der Waals surface area contributed by atoms with E-state index in [-0.39, 0.29) is 17.3 Å². The maximum Gasteiger partial charge on any atom is 0.343 e. The van der Waals surface area contributed by atoms with E-state index >= 15 is 0 Å². The van der Waals surface area contributed by atoms with Gasteiger partial charge in [-0.2, -0.15) is 0 Å². The van der Waals surface area contributed by atoms with E-state index in [0.717, 1.165) is 12.8 Å². The van der Waals surface area contributed by atoms with Crippen LogP contribution in [-0.4, -0.2) is 39.6 Å². The van der Waals surface area contributed by atoms with Crippen LogP contribution in [0.5, 0.6) is 5.75 Å². The molecule has 0 unspecified atom stereocenters. The number of hydrogen-bond donors (Lipinski definition) is 2. The van der Waals surface area contributed by atoms with Crippen LogP contribution in [0.1, 0.15) is 19.8 Å². The Kier molecular flexibility index (Phi) is 7.87. The molecule has 1 aromatic carbocycles. The van der Waals surface area contributed by atoms with E-state index in [4.69, 9.17) is 16.3 Å². The molecule has 0 bridgehead atoms. The van der Waals surface area contributed by atoms with Crippen molar-refractivity contribution in [2.45, 2.75) is 31.5 Å². The molecule has 9 heteroatoms. The maximum absolute atomic E-state index is 11.9. The van der Waals surface area contributed by atoms with Crippen molar-refractivity contribution in [2.75, 3.05) is 18.9 Å². The third-order valence-corrected chi connectivity index (χ3v) is 4.53. The molecule has 0 aliphatic rings. The number of H-pyrrole nitrogens is 1. The number of aromatic amines is 1. The van der Waals surface area contributed by atoms with Gasteiger partial charge in [0.1, 0.15) is 12.4 Å². The minimum atomic E-state index is -0.243. The van der Waals surface area contributed by atoms with Crippen molar-refractivity contribution in [3.8, 4) is 5.75 Å². The normalized spacial score (nSPS) is 10.6. The first-order valence-electron chi connectivity index (χ1n) is 8.03. The van der Waals surface area contributed by atoms with Crippen LogP contribution >= 0.6 is 23.4 Å². The SMILES string of the molecule is CCCCn1c(SCC(=O)NCCOc2ccc(Cl)cc2)n[nH]c1=O. The minimum Gasteiger partial charge on any atom is -0.492 e. The minimum absolute atomic E-state index is 0.137. The molecule has 0 saturated carbocycles. The number of nitrogens with zero attached hydrogens (tertiary/aromatic N) is 2. The molecule has 2 aromatic rings. The van der Waals surface area contributed by atoms with Crippen LogP contribution in [-0.2, 0) is 11.3 Å². The molecule has 7 nitrogen and oxygen atoms in total. The first kappa shape index (κ1) is 19.4. The highest BCUT2D eigenvalue weighted by Crippen LogP contribution is 2.15. The predicted octanol–water partition coefficient (Wildman–Crippen LogP) is 2.31. The number of nitrogens with one attached hydrogen (secondary N) is 2. The summed E-state index contributed by atoms with van der Waals surface area (Å²) in [5.41, 5.74) is -0.243. The molecule has 0 spiro atoms. The zero-order valence-electron chi connectivity index (χ0n) is 14.0. The average molecular weight is 385 g/mol. The molecular formula is C16H21ClN4O3S. The number of carbonyl (C=O) groups is 1. The van der Waals surface area contributed by atoms with Gasteiger partial charge < -0.3 is 10.1 Å². The molecule has 0 aliphatic heterocycles. The first-order valence-corrected chi connectivity index (χ1v) is 9.39. The van der Waals surface area contributed by atoms with Gasteiger partial charge in [-0.1, -0.05) is 36.7 Å². The number of unbranched alkanes of at least 4 members (excludes halogenated alkanes) is 1. The van der Waals surface area contributed by atoms with Gasteiger partial charge in [0.2, 0.25) is 5.91 Å². The van der Waals surface area contributed by atoms with Crippen molar-refractivity contribution < 1.29 is 9.53 Å². The number of ether oxygens (including phenoxy) is 1. The fourth-order valence-corrected chi connectivity index (χ4v) is 2.93. The van der Waals surface area contributed by atoms with Gasteiger partial charge in [0, 0.05) is 11.6 Å². The largest absolute Gasteiger partial charge is 0.492 e. The quantitative estimate of drug-likeness (QED) is 0.484. The van der Waals surface area contributed by atoms with E-state index in [2.05, 4.69) is 22.4 Å². The zero-order valence-corrected chi connectivity index (χ0v) is 15.5. The molecule has 1 aromatic heterocycles. The van der Waals surface area contributed by atoms with Gasteiger partial charge in [0.15, 0.2) is 5.16 Å². The van der Waals surface area contributed by atoms with E-state index in [1.807, 2.05) is 0 Å². The van der Waals surface area contributed by atoms with E-state index in [0.29, 0.717) is 35.6 Å². The monoisotopic (exact) mass is 384 g/mol. The van der Waals surface area contributed by atoms with Gasteiger partial charge in [-0.25, -0.2) is 9.89 Å². The molecule has 0 atom stereocenters. The Bertz CT molecular complexity index is 730. The van der Waals surface area contributed by atoms with Crippen LogP contribution in [0.25, 0.3) is 0 Å². The molecule has 0 aliphatic carbocycles. The summed E-state index contributed by atoms with van der Waals surface area (Å²) < 4.78 is 7.06. The van der Waals surface area contributed by atoms with Crippen LogP contribution < -0.4 is 15.7 Å². The molecule has 25 heavy (non-hydrogen) atoms. The smallest absolute Gasteiger partial charge is 0.343 e. The third kappa shape index (κ3) is 6.47. The number of thioether (sulfide) groups is 1. The summed E-state index contributed by atoms with van der Waals surface area (Å²) in [5, 5.41) is 10.3. The van der Waals surface area contributed by atoms with E-state index in [1.54, 1.807) is 28.8 Å². The second-order valence-corrected chi connectivity index (χ2v) is 6.64. The number of amides is 1. The molecule has 0 saturated heterocycles. The third-order valence-electron chi connectivity index (χ3n) is 3.30. The Morgan fingerprint density at radius 1 is 1.40 bits per heavy atom. The molecule has 0 radical (unpaired) electrons. The summed E-state index contributed by atoms with van der Waals surface area (Å²) in [6.07, 6.45) is 1.87. The highest BCUT2D eigenvalue weighted by Gasteiger charge is 2.10.